The largest absolute Gasteiger partial charge is 0.369 e. The fraction of sp³-hybridized carbons (Fsp3) is 0.0667. The minimum atomic E-state index is -0.610. The fourth-order valence-electron chi connectivity index (χ4n) is 2.65. The molecule has 0 radical (unpaired) electrons. The molecular formula is C15H12N2O2. The van der Waals surface area contributed by atoms with Gasteiger partial charge in [0.1, 0.15) is 0 Å². The summed E-state index contributed by atoms with van der Waals surface area (Å²) < 4.78 is 0. The van der Waals surface area contributed by atoms with E-state index in [-0.39, 0.29) is 0 Å². The Morgan fingerprint density at radius 2 is 1.68 bits per heavy atom. The molecule has 2 aromatic rings. The Kier molecular flexibility index (Phi) is 2.38. The van der Waals surface area contributed by atoms with Crippen molar-refractivity contribution in [2.24, 2.45) is 11.5 Å². The van der Waals surface area contributed by atoms with Gasteiger partial charge in [0.15, 0.2) is 0 Å². The molecule has 0 fully saturated rings. The molecule has 4 N–H and O–H groups in total. The summed E-state index contributed by atoms with van der Waals surface area (Å²) in [6, 6.07) is 11.3. The Morgan fingerprint density at radius 3 is 2.32 bits per heavy atom. The zero-order valence-corrected chi connectivity index (χ0v) is 10.1. The number of carbonyl (C=O) groups is 2. The van der Waals surface area contributed by atoms with Crippen LogP contribution in [0.25, 0.3) is 16.3 Å². The summed E-state index contributed by atoms with van der Waals surface area (Å²) >= 11 is 0. The van der Waals surface area contributed by atoms with Crippen molar-refractivity contribution in [3.05, 3.63) is 53.6 Å². The molecule has 19 heavy (non-hydrogen) atoms. The van der Waals surface area contributed by atoms with E-state index in [1.165, 1.54) is 0 Å². The molecule has 0 spiro atoms. The molecule has 1 atom stereocenters. The number of hydrogen-bond acceptors (Lipinski definition) is 2. The van der Waals surface area contributed by atoms with Gasteiger partial charge in [0.05, 0.1) is 5.92 Å². The number of hydrogen-bond donors (Lipinski definition) is 2. The lowest BCUT2D eigenvalue weighted by Gasteiger charge is -2.22. The highest BCUT2D eigenvalue weighted by Gasteiger charge is 2.27. The van der Waals surface area contributed by atoms with E-state index < -0.39 is 17.7 Å². The highest BCUT2D eigenvalue weighted by atomic mass is 16.1. The van der Waals surface area contributed by atoms with Crippen molar-refractivity contribution in [2.45, 2.75) is 5.92 Å². The van der Waals surface area contributed by atoms with E-state index in [0.29, 0.717) is 5.57 Å². The molecule has 0 heterocycles. The first kappa shape index (κ1) is 11.5. The minimum Gasteiger partial charge on any atom is -0.369 e. The van der Waals surface area contributed by atoms with Crippen LogP contribution in [-0.2, 0) is 9.59 Å². The number of primary amides is 2. The molecule has 0 saturated carbocycles. The van der Waals surface area contributed by atoms with Gasteiger partial charge in [0, 0.05) is 5.57 Å². The smallest absolute Gasteiger partial charge is 0.249 e. The summed E-state index contributed by atoms with van der Waals surface area (Å²) in [4.78, 5) is 23.2. The van der Waals surface area contributed by atoms with Crippen LogP contribution in [0, 0.1) is 0 Å². The standard InChI is InChI=1S/C15H12N2O2/c16-14(18)11-7-12(15(17)19)10-6-2-4-8-3-1-5-9(11)13(8)10/h1-7,11H,(H2,16,18)(H2,17,19). The maximum absolute atomic E-state index is 11.6. The second-order valence-electron chi connectivity index (χ2n) is 4.58. The number of amides is 2. The van der Waals surface area contributed by atoms with Crippen molar-refractivity contribution in [3.8, 4) is 0 Å². The second kappa shape index (κ2) is 3.95. The molecule has 0 bridgehead atoms. The van der Waals surface area contributed by atoms with E-state index in [4.69, 9.17) is 11.5 Å². The zero-order chi connectivity index (χ0) is 13.6. The van der Waals surface area contributed by atoms with Crippen LogP contribution in [0.15, 0.2) is 42.5 Å². The van der Waals surface area contributed by atoms with Crippen LogP contribution in [0.5, 0.6) is 0 Å². The Labute approximate surface area is 109 Å². The molecule has 94 valence electrons. The van der Waals surface area contributed by atoms with Gasteiger partial charge in [-0.3, -0.25) is 9.59 Å². The predicted octanol–water partition coefficient (Wildman–Crippen LogP) is 1.29. The van der Waals surface area contributed by atoms with Crippen molar-refractivity contribution in [2.75, 3.05) is 0 Å². The zero-order valence-electron chi connectivity index (χ0n) is 10.1. The predicted molar refractivity (Wildman–Crippen MR) is 73.1 cm³/mol. The Balaban J connectivity index is 2.43. The van der Waals surface area contributed by atoms with E-state index in [1.807, 2.05) is 36.4 Å². The summed E-state index contributed by atoms with van der Waals surface area (Å²) in [6.45, 7) is 0. The normalized spacial score (nSPS) is 17.1. The molecule has 4 heteroatoms. The van der Waals surface area contributed by atoms with E-state index in [1.54, 1.807) is 6.08 Å². The van der Waals surface area contributed by atoms with Gasteiger partial charge in [-0.25, -0.2) is 0 Å². The summed E-state index contributed by atoms with van der Waals surface area (Å²) in [5.74, 6) is -1.64. The highest BCUT2D eigenvalue weighted by molar-refractivity contribution is 6.24. The summed E-state index contributed by atoms with van der Waals surface area (Å²) in [5, 5.41) is 1.85. The van der Waals surface area contributed by atoms with Gasteiger partial charge in [-0.15, -0.1) is 0 Å². The number of rotatable bonds is 2. The summed E-state index contributed by atoms with van der Waals surface area (Å²) in [7, 11) is 0. The SMILES string of the molecule is NC(=O)C1=CC(C(N)=O)c2cccc3cccc1c23. The van der Waals surface area contributed by atoms with Crippen molar-refractivity contribution in [1.29, 1.82) is 0 Å². The maximum Gasteiger partial charge on any atom is 0.249 e. The van der Waals surface area contributed by atoms with Crippen LogP contribution in [0.3, 0.4) is 0 Å². The topological polar surface area (TPSA) is 86.2 Å². The van der Waals surface area contributed by atoms with Gasteiger partial charge in [-0.1, -0.05) is 42.5 Å². The Morgan fingerprint density at radius 1 is 1.00 bits per heavy atom. The molecule has 0 aromatic heterocycles. The van der Waals surface area contributed by atoms with Crippen molar-refractivity contribution in [3.63, 3.8) is 0 Å². The second-order valence-corrected chi connectivity index (χ2v) is 4.58. The van der Waals surface area contributed by atoms with Gasteiger partial charge in [0.2, 0.25) is 11.8 Å². The van der Waals surface area contributed by atoms with Gasteiger partial charge in [0.25, 0.3) is 0 Å². The summed E-state index contributed by atoms with van der Waals surface area (Å²) in [6.07, 6.45) is 1.56. The van der Waals surface area contributed by atoms with E-state index in [9.17, 15) is 9.59 Å². The summed E-state index contributed by atoms with van der Waals surface area (Å²) in [5.41, 5.74) is 12.8. The highest BCUT2D eigenvalue weighted by Crippen LogP contribution is 2.38. The lowest BCUT2D eigenvalue weighted by atomic mass is 9.81. The third kappa shape index (κ3) is 1.61. The third-order valence-corrected chi connectivity index (χ3v) is 3.47. The average Bonchev–Trinajstić information content (AvgIpc) is 2.39. The molecule has 0 aliphatic heterocycles. The van der Waals surface area contributed by atoms with Gasteiger partial charge < -0.3 is 11.5 Å². The molecule has 4 nitrogen and oxygen atoms in total. The molecule has 1 aliphatic carbocycles. The van der Waals surface area contributed by atoms with Crippen LogP contribution in [0.1, 0.15) is 17.0 Å². The van der Waals surface area contributed by atoms with Crippen LogP contribution in [0.4, 0.5) is 0 Å². The first-order chi connectivity index (χ1) is 9.09. The monoisotopic (exact) mass is 252 g/mol. The van der Waals surface area contributed by atoms with Crippen LogP contribution >= 0.6 is 0 Å². The molecule has 2 amide bonds. The molecule has 1 aliphatic rings. The quantitative estimate of drug-likeness (QED) is 0.843. The van der Waals surface area contributed by atoms with Crippen LogP contribution in [-0.4, -0.2) is 11.8 Å². The van der Waals surface area contributed by atoms with E-state index in [2.05, 4.69) is 0 Å². The number of carbonyl (C=O) groups excluding carboxylic acids is 2. The third-order valence-electron chi connectivity index (χ3n) is 3.47. The fourth-order valence-corrected chi connectivity index (χ4v) is 2.65. The Hall–Kier alpha value is -2.62. The minimum absolute atomic E-state index is 0.355. The van der Waals surface area contributed by atoms with Crippen molar-refractivity contribution in [1.82, 2.24) is 0 Å². The number of benzene rings is 2. The van der Waals surface area contributed by atoms with Gasteiger partial charge >= 0.3 is 0 Å². The van der Waals surface area contributed by atoms with Gasteiger partial charge in [-0.05, 0) is 21.9 Å². The van der Waals surface area contributed by atoms with E-state index in [0.717, 1.165) is 21.9 Å². The lowest BCUT2D eigenvalue weighted by Crippen LogP contribution is -2.25. The van der Waals surface area contributed by atoms with Crippen molar-refractivity contribution < 1.29 is 9.59 Å². The van der Waals surface area contributed by atoms with Crippen LogP contribution < -0.4 is 11.5 Å². The van der Waals surface area contributed by atoms with Gasteiger partial charge in [-0.2, -0.15) is 0 Å². The lowest BCUT2D eigenvalue weighted by molar-refractivity contribution is -0.118. The first-order valence-corrected chi connectivity index (χ1v) is 5.92. The molecule has 1 unspecified atom stereocenters. The Bertz CT molecular complexity index is 742. The first-order valence-electron chi connectivity index (χ1n) is 5.92. The molecule has 0 saturated heterocycles. The molecule has 3 rings (SSSR count). The maximum atomic E-state index is 11.6. The average molecular weight is 252 g/mol. The van der Waals surface area contributed by atoms with Crippen molar-refractivity contribution >= 4 is 28.2 Å². The van der Waals surface area contributed by atoms with E-state index >= 15 is 0 Å². The molecular weight excluding hydrogens is 240 g/mol. The van der Waals surface area contributed by atoms with Crippen LogP contribution in [0.2, 0.25) is 0 Å². The number of nitrogens with two attached hydrogens (primary N) is 2. The molecule has 2 aromatic carbocycles.